The van der Waals surface area contributed by atoms with Crippen LogP contribution in [0.15, 0.2) is 67.0 Å². The normalized spacial score (nSPS) is 15.0. The SMILES string of the molecule is CN(C)CC(=O)N1CCC[C@H]1COc1cccc2ncnc(Nc3ccc(OCc4cccc(F)c4)c(Cl)c3)c12. The summed E-state index contributed by atoms with van der Waals surface area (Å²) in [6.07, 6.45) is 3.35. The molecule has 0 saturated carbocycles. The molecular weight excluding hydrogens is 533 g/mol. The molecule has 1 saturated heterocycles. The van der Waals surface area contributed by atoms with Crippen LogP contribution in [0.3, 0.4) is 0 Å². The van der Waals surface area contributed by atoms with Crippen LogP contribution in [0.2, 0.25) is 5.02 Å². The molecule has 40 heavy (non-hydrogen) atoms. The first-order valence-electron chi connectivity index (χ1n) is 13.1. The highest BCUT2D eigenvalue weighted by Crippen LogP contribution is 2.34. The van der Waals surface area contributed by atoms with Crippen molar-refractivity contribution in [3.8, 4) is 11.5 Å². The topological polar surface area (TPSA) is 79.8 Å². The van der Waals surface area contributed by atoms with Crippen molar-refractivity contribution in [3.63, 3.8) is 0 Å². The Bertz CT molecular complexity index is 1500. The Balaban J connectivity index is 1.31. The second-order valence-electron chi connectivity index (χ2n) is 9.99. The zero-order valence-corrected chi connectivity index (χ0v) is 23.2. The lowest BCUT2D eigenvalue weighted by atomic mass is 10.2. The predicted octanol–water partition coefficient (Wildman–Crippen LogP) is 5.68. The van der Waals surface area contributed by atoms with Gasteiger partial charge in [-0.05, 0) is 75.0 Å². The summed E-state index contributed by atoms with van der Waals surface area (Å²) in [5.74, 6) is 1.48. The van der Waals surface area contributed by atoms with Gasteiger partial charge < -0.3 is 24.6 Å². The number of hydrogen-bond donors (Lipinski definition) is 1. The van der Waals surface area contributed by atoms with Crippen LogP contribution in [0.5, 0.6) is 11.5 Å². The molecule has 10 heteroatoms. The number of rotatable bonds is 10. The number of hydrogen-bond acceptors (Lipinski definition) is 7. The van der Waals surface area contributed by atoms with Gasteiger partial charge in [-0.25, -0.2) is 14.4 Å². The van der Waals surface area contributed by atoms with E-state index < -0.39 is 0 Å². The zero-order chi connectivity index (χ0) is 28.1. The summed E-state index contributed by atoms with van der Waals surface area (Å²) < 4.78 is 25.6. The summed E-state index contributed by atoms with van der Waals surface area (Å²) in [5, 5.41) is 4.46. The molecule has 3 aromatic carbocycles. The molecule has 4 aromatic rings. The molecule has 0 radical (unpaired) electrons. The van der Waals surface area contributed by atoms with Gasteiger partial charge in [-0.15, -0.1) is 0 Å². The third kappa shape index (κ3) is 6.60. The van der Waals surface area contributed by atoms with Crippen LogP contribution >= 0.6 is 11.6 Å². The van der Waals surface area contributed by atoms with Gasteiger partial charge in [0, 0.05) is 12.2 Å². The highest BCUT2D eigenvalue weighted by molar-refractivity contribution is 6.32. The summed E-state index contributed by atoms with van der Waals surface area (Å²) in [6, 6.07) is 17.3. The van der Waals surface area contributed by atoms with Crippen molar-refractivity contribution < 1.29 is 18.7 Å². The summed E-state index contributed by atoms with van der Waals surface area (Å²) >= 11 is 6.50. The highest BCUT2D eigenvalue weighted by Gasteiger charge is 2.29. The van der Waals surface area contributed by atoms with Crippen LogP contribution in [0.1, 0.15) is 18.4 Å². The molecule has 1 aliphatic rings. The van der Waals surface area contributed by atoms with Crippen molar-refractivity contribution in [1.29, 1.82) is 0 Å². The minimum absolute atomic E-state index is 0.0162. The minimum atomic E-state index is -0.314. The lowest BCUT2D eigenvalue weighted by Crippen LogP contribution is -2.43. The summed E-state index contributed by atoms with van der Waals surface area (Å²) in [7, 11) is 3.79. The minimum Gasteiger partial charge on any atom is -0.491 e. The van der Waals surface area contributed by atoms with E-state index in [9.17, 15) is 9.18 Å². The fraction of sp³-hybridized carbons (Fsp3) is 0.300. The summed E-state index contributed by atoms with van der Waals surface area (Å²) in [4.78, 5) is 25.4. The van der Waals surface area contributed by atoms with Gasteiger partial charge >= 0.3 is 0 Å². The Morgan fingerprint density at radius 1 is 1.10 bits per heavy atom. The van der Waals surface area contributed by atoms with Crippen molar-refractivity contribution in [2.45, 2.75) is 25.5 Å². The number of carbonyl (C=O) groups excluding carboxylic acids is 1. The van der Waals surface area contributed by atoms with Gasteiger partial charge in [0.25, 0.3) is 0 Å². The monoisotopic (exact) mass is 563 g/mol. The van der Waals surface area contributed by atoms with E-state index in [1.807, 2.05) is 48.2 Å². The molecule has 208 valence electrons. The smallest absolute Gasteiger partial charge is 0.237 e. The first-order valence-corrected chi connectivity index (χ1v) is 13.5. The molecule has 0 unspecified atom stereocenters. The molecule has 5 rings (SSSR count). The number of aromatic nitrogens is 2. The van der Waals surface area contributed by atoms with Crippen LogP contribution in [-0.2, 0) is 11.4 Å². The molecule has 1 amide bonds. The van der Waals surface area contributed by atoms with Gasteiger partial charge in [-0.2, -0.15) is 0 Å². The van der Waals surface area contributed by atoms with E-state index in [0.717, 1.165) is 30.3 Å². The largest absolute Gasteiger partial charge is 0.491 e. The molecule has 8 nitrogen and oxygen atoms in total. The predicted molar refractivity (Wildman–Crippen MR) is 154 cm³/mol. The molecule has 1 aromatic heterocycles. The second kappa shape index (κ2) is 12.5. The average Bonchev–Trinajstić information content (AvgIpc) is 3.40. The van der Waals surface area contributed by atoms with Gasteiger partial charge in [-0.3, -0.25) is 4.79 Å². The molecule has 1 atom stereocenters. The lowest BCUT2D eigenvalue weighted by molar-refractivity contribution is -0.133. The number of nitrogens with one attached hydrogen (secondary N) is 1. The van der Waals surface area contributed by atoms with Gasteiger partial charge in [0.1, 0.15) is 42.7 Å². The highest BCUT2D eigenvalue weighted by atomic mass is 35.5. The molecule has 0 spiro atoms. The Labute approximate surface area is 237 Å². The quantitative estimate of drug-likeness (QED) is 0.266. The molecular formula is C30H31ClFN5O3. The average molecular weight is 564 g/mol. The molecule has 0 bridgehead atoms. The van der Waals surface area contributed by atoms with Crippen molar-refractivity contribution in [1.82, 2.24) is 19.8 Å². The number of benzene rings is 3. The third-order valence-electron chi connectivity index (χ3n) is 6.68. The fourth-order valence-electron chi connectivity index (χ4n) is 4.80. The van der Waals surface area contributed by atoms with Crippen LogP contribution in [0.25, 0.3) is 10.9 Å². The number of likely N-dealkylation sites (N-methyl/N-ethyl adjacent to an activating group) is 1. The fourth-order valence-corrected chi connectivity index (χ4v) is 5.03. The Morgan fingerprint density at radius 2 is 1.95 bits per heavy atom. The number of halogens is 2. The van der Waals surface area contributed by atoms with E-state index in [1.54, 1.807) is 24.3 Å². The molecule has 1 fully saturated rings. The van der Waals surface area contributed by atoms with E-state index in [4.69, 9.17) is 21.1 Å². The molecule has 0 aliphatic carbocycles. The molecule has 2 heterocycles. The number of nitrogens with zero attached hydrogens (tertiary/aromatic N) is 4. The number of carbonyl (C=O) groups is 1. The van der Waals surface area contributed by atoms with Gasteiger partial charge in [-0.1, -0.05) is 29.8 Å². The number of fused-ring (bicyclic) bond motifs is 1. The zero-order valence-electron chi connectivity index (χ0n) is 22.4. The van der Waals surface area contributed by atoms with Crippen LogP contribution < -0.4 is 14.8 Å². The van der Waals surface area contributed by atoms with Gasteiger partial charge in [0.15, 0.2) is 0 Å². The summed E-state index contributed by atoms with van der Waals surface area (Å²) in [6.45, 7) is 1.70. The Morgan fingerprint density at radius 3 is 2.75 bits per heavy atom. The van der Waals surface area contributed by atoms with Crippen molar-refractivity contribution >= 4 is 39.9 Å². The summed E-state index contributed by atoms with van der Waals surface area (Å²) in [5.41, 5.74) is 2.14. The van der Waals surface area contributed by atoms with Crippen LogP contribution in [0.4, 0.5) is 15.9 Å². The van der Waals surface area contributed by atoms with Crippen LogP contribution in [-0.4, -0.2) is 65.5 Å². The van der Waals surface area contributed by atoms with Crippen LogP contribution in [0, 0.1) is 5.82 Å². The Kier molecular flexibility index (Phi) is 8.62. The van der Waals surface area contributed by atoms with E-state index in [2.05, 4.69) is 15.3 Å². The van der Waals surface area contributed by atoms with E-state index in [-0.39, 0.29) is 24.4 Å². The molecule has 1 aliphatic heterocycles. The van der Waals surface area contributed by atoms with Crippen molar-refractivity contribution in [2.75, 3.05) is 39.1 Å². The number of likely N-dealkylation sites (tertiary alicyclic amines) is 1. The standard InChI is InChI=1S/C30H31ClFN5O3/c1-36(2)16-28(38)37-13-5-8-23(37)18-40-27-10-4-9-25-29(27)30(34-19-33-25)35-22-11-12-26(24(31)15-22)39-17-20-6-3-7-21(32)14-20/h3-4,6-7,9-12,14-15,19,23H,5,8,13,16-18H2,1-2H3,(H,33,34,35)/t23-/m0/s1. The first-order chi connectivity index (χ1) is 19.4. The Hall–Kier alpha value is -3.95. The number of anilines is 2. The maximum absolute atomic E-state index is 13.5. The van der Waals surface area contributed by atoms with E-state index in [1.165, 1.54) is 18.5 Å². The maximum atomic E-state index is 13.5. The van der Waals surface area contributed by atoms with Gasteiger partial charge in [0.2, 0.25) is 5.91 Å². The van der Waals surface area contributed by atoms with Crippen molar-refractivity contribution in [3.05, 3.63) is 83.4 Å². The maximum Gasteiger partial charge on any atom is 0.237 e. The second-order valence-corrected chi connectivity index (χ2v) is 10.4. The third-order valence-corrected chi connectivity index (χ3v) is 6.98. The van der Waals surface area contributed by atoms with Gasteiger partial charge in [0.05, 0.1) is 28.5 Å². The number of ether oxygens (including phenoxy) is 2. The van der Waals surface area contributed by atoms with Crippen molar-refractivity contribution in [2.24, 2.45) is 0 Å². The lowest BCUT2D eigenvalue weighted by Gasteiger charge is -2.26. The molecule has 1 N–H and O–H groups in total. The van der Waals surface area contributed by atoms with E-state index in [0.29, 0.717) is 46.7 Å². The van der Waals surface area contributed by atoms with E-state index >= 15 is 0 Å². The number of amides is 1. The first kappa shape index (κ1) is 27.6.